The number of thioether (sulfide) groups is 1. The lowest BCUT2D eigenvalue weighted by atomic mass is 9.86. The summed E-state index contributed by atoms with van der Waals surface area (Å²) in [5.41, 5.74) is 3.50. The number of hydrogen-bond acceptors (Lipinski definition) is 6. The Labute approximate surface area is 219 Å². The number of methoxy groups -OCH3 is 1. The van der Waals surface area contributed by atoms with E-state index in [-0.39, 0.29) is 18.2 Å². The van der Waals surface area contributed by atoms with Gasteiger partial charge in [-0.25, -0.2) is 0 Å². The van der Waals surface area contributed by atoms with Gasteiger partial charge in [0.2, 0.25) is 5.91 Å². The molecule has 0 N–H and O–H groups in total. The summed E-state index contributed by atoms with van der Waals surface area (Å²) in [6.45, 7) is 0.817. The molecule has 1 fully saturated rings. The van der Waals surface area contributed by atoms with Gasteiger partial charge in [-0.3, -0.25) is 9.69 Å². The molecule has 36 heavy (non-hydrogen) atoms. The van der Waals surface area contributed by atoms with Crippen molar-refractivity contribution >= 4 is 35.0 Å². The van der Waals surface area contributed by atoms with Crippen LogP contribution in [0.2, 0.25) is 5.02 Å². The number of amides is 1. The minimum absolute atomic E-state index is 0.0106. The first kappa shape index (κ1) is 24.1. The van der Waals surface area contributed by atoms with E-state index in [2.05, 4.69) is 11.0 Å². The molecule has 0 saturated carbocycles. The van der Waals surface area contributed by atoms with E-state index >= 15 is 0 Å². The summed E-state index contributed by atoms with van der Waals surface area (Å²) >= 11 is 7.53. The molecule has 0 aromatic heterocycles. The number of rotatable bonds is 6. The highest BCUT2D eigenvalue weighted by atomic mass is 35.5. The van der Waals surface area contributed by atoms with Crippen LogP contribution in [0.5, 0.6) is 11.5 Å². The summed E-state index contributed by atoms with van der Waals surface area (Å²) in [7, 11) is 1.59. The largest absolute Gasteiger partial charge is 0.493 e. The monoisotopic (exact) mass is 517 g/mol. The van der Waals surface area contributed by atoms with Crippen LogP contribution >= 0.6 is 23.4 Å². The molecule has 3 aromatic rings. The van der Waals surface area contributed by atoms with Crippen molar-refractivity contribution in [3.63, 3.8) is 0 Å². The summed E-state index contributed by atoms with van der Waals surface area (Å²) in [6.07, 6.45) is 0.217. The van der Waals surface area contributed by atoms with E-state index in [0.717, 1.165) is 21.8 Å². The molecule has 2 heterocycles. The Hall–Kier alpha value is -3.60. The topological polar surface area (TPSA) is 65.8 Å². The number of fused-ring (bicyclic) bond motifs is 1. The van der Waals surface area contributed by atoms with Crippen molar-refractivity contribution in [1.29, 1.82) is 5.26 Å². The van der Waals surface area contributed by atoms with Gasteiger partial charge in [0.05, 0.1) is 36.3 Å². The van der Waals surface area contributed by atoms with Crippen LogP contribution in [0, 0.1) is 11.3 Å². The molecule has 0 radical (unpaired) electrons. The molecule has 1 amide bonds. The molecule has 2 aliphatic heterocycles. The fourth-order valence-electron chi connectivity index (χ4n) is 4.42. The molecule has 3 aromatic carbocycles. The number of hydrogen-bond donors (Lipinski definition) is 0. The maximum Gasteiger partial charge on any atom is 0.229 e. The van der Waals surface area contributed by atoms with Crippen molar-refractivity contribution in [2.24, 2.45) is 0 Å². The van der Waals surface area contributed by atoms with E-state index in [1.54, 1.807) is 12.0 Å². The highest BCUT2D eigenvalue weighted by molar-refractivity contribution is 8.03. The maximum atomic E-state index is 13.3. The molecule has 8 heteroatoms. The summed E-state index contributed by atoms with van der Waals surface area (Å²) in [5.74, 6) is 1.48. The number of ether oxygens (including phenoxy) is 2. The SMILES string of the molecule is COc1cc([C@H]2CC(=O)N3CN(c4ccc(Cl)cc4)CSC3=C2C#N)ccc1OCc1ccccc1. The number of allylic oxidation sites excluding steroid dienone is 1. The van der Waals surface area contributed by atoms with Crippen LogP contribution in [0.25, 0.3) is 0 Å². The van der Waals surface area contributed by atoms with Crippen LogP contribution in [0.3, 0.4) is 0 Å². The number of nitriles is 1. The van der Waals surface area contributed by atoms with Crippen molar-refractivity contribution in [3.8, 4) is 17.6 Å². The van der Waals surface area contributed by atoms with Crippen LogP contribution in [0.4, 0.5) is 5.69 Å². The average molecular weight is 518 g/mol. The van der Waals surface area contributed by atoms with E-state index in [1.807, 2.05) is 72.8 Å². The summed E-state index contributed by atoms with van der Waals surface area (Å²) in [6, 6.07) is 25.5. The molecule has 0 aliphatic carbocycles. The van der Waals surface area contributed by atoms with Crippen LogP contribution < -0.4 is 14.4 Å². The second kappa shape index (κ2) is 10.6. The molecule has 0 bridgehead atoms. The standard InChI is InChI=1S/C28H24ClN3O3S/c1-34-26-13-20(7-12-25(26)35-16-19-5-3-2-4-6-19)23-14-27(33)32-17-31(18-36-28(32)24(23)15-30)22-10-8-21(29)9-11-22/h2-13,23H,14,16-18H2,1H3/t23-/m1/s1. The maximum absolute atomic E-state index is 13.3. The average Bonchev–Trinajstić information content (AvgIpc) is 2.92. The first-order valence-electron chi connectivity index (χ1n) is 11.5. The van der Waals surface area contributed by atoms with Gasteiger partial charge in [-0.1, -0.05) is 59.8 Å². The number of nitrogens with zero attached hydrogens (tertiary/aromatic N) is 3. The molecule has 6 nitrogen and oxygen atoms in total. The predicted octanol–water partition coefficient (Wildman–Crippen LogP) is 6.15. The third-order valence-corrected chi connectivity index (χ3v) is 7.72. The normalized spacial score (nSPS) is 17.5. The van der Waals surface area contributed by atoms with Crippen molar-refractivity contribution < 1.29 is 14.3 Å². The zero-order valence-electron chi connectivity index (χ0n) is 19.7. The van der Waals surface area contributed by atoms with Crippen molar-refractivity contribution in [2.75, 3.05) is 24.6 Å². The van der Waals surface area contributed by atoms with E-state index in [1.165, 1.54) is 11.8 Å². The van der Waals surface area contributed by atoms with Crippen LogP contribution in [0.15, 0.2) is 83.4 Å². The Bertz CT molecular complexity index is 1340. The van der Waals surface area contributed by atoms with Gasteiger partial charge >= 0.3 is 0 Å². The van der Waals surface area contributed by atoms with E-state index in [0.29, 0.717) is 41.2 Å². The lowest BCUT2D eigenvalue weighted by Crippen LogP contribution is -2.47. The van der Waals surface area contributed by atoms with E-state index in [4.69, 9.17) is 21.1 Å². The molecule has 5 rings (SSSR count). The second-order valence-electron chi connectivity index (χ2n) is 8.52. The van der Waals surface area contributed by atoms with E-state index < -0.39 is 0 Å². The van der Waals surface area contributed by atoms with Crippen LogP contribution in [-0.4, -0.2) is 30.5 Å². The smallest absolute Gasteiger partial charge is 0.229 e. The van der Waals surface area contributed by atoms with Gasteiger partial charge in [0, 0.05) is 23.0 Å². The van der Waals surface area contributed by atoms with Crippen LogP contribution in [0.1, 0.15) is 23.5 Å². The molecule has 0 unspecified atom stereocenters. The first-order valence-corrected chi connectivity index (χ1v) is 12.9. The molecular formula is C28H24ClN3O3S. The first-order chi connectivity index (χ1) is 17.6. The van der Waals surface area contributed by atoms with Gasteiger partial charge < -0.3 is 14.4 Å². The Morgan fingerprint density at radius 1 is 1.08 bits per heavy atom. The van der Waals surface area contributed by atoms with Crippen molar-refractivity contribution in [3.05, 3.63) is 99.5 Å². The minimum Gasteiger partial charge on any atom is -0.493 e. The molecule has 1 saturated heterocycles. The third kappa shape index (κ3) is 4.88. The number of halogens is 1. The molecule has 2 aliphatic rings. The number of carbonyl (C=O) groups excluding carboxylic acids is 1. The lowest BCUT2D eigenvalue weighted by molar-refractivity contribution is -0.129. The van der Waals surface area contributed by atoms with Gasteiger partial charge in [0.15, 0.2) is 11.5 Å². The Balaban J connectivity index is 1.38. The van der Waals surface area contributed by atoms with Gasteiger partial charge in [-0.15, -0.1) is 0 Å². The highest BCUT2D eigenvalue weighted by Gasteiger charge is 2.38. The minimum atomic E-state index is -0.333. The summed E-state index contributed by atoms with van der Waals surface area (Å²) in [4.78, 5) is 17.1. The number of benzene rings is 3. The van der Waals surface area contributed by atoms with Gasteiger partial charge in [-0.2, -0.15) is 5.26 Å². The Morgan fingerprint density at radius 2 is 1.86 bits per heavy atom. The van der Waals surface area contributed by atoms with E-state index in [9.17, 15) is 10.1 Å². The van der Waals surface area contributed by atoms with Gasteiger partial charge in [-0.05, 0) is 47.5 Å². The number of carbonyl (C=O) groups is 1. The molecule has 1 atom stereocenters. The fourth-order valence-corrected chi connectivity index (χ4v) is 5.71. The predicted molar refractivity (Wildman–Crippen MR) is 142 cm³/mol. The van der Waals surface area contributed by atoms with Gasteiger partial charge in [0.25, 0.3) is 0 Å². The third-order valence-electron chi connectivity index (χ3n) is 6.31. The second-order valence-corrected chi connectivity index (χ2v) is 9.89. The zero-order valence-corrected chi connectivity index (χ0v) is 21.3. The summed E-state index contributed by atoms with van der Waals surface area (Å²) in [5, 5.41) is 11.5. The lowest BCUT2D eigenvalue weighted by Gasteiger charge is -2.42. The summed E-state index contributed by atoms with van der Waals surface area (Å²) < 4.78 is 11.6. The van der Waals surface area contributed by atoms with Crippen molar-refractivity contribution in [2.45, 2.75) is 18.9 Å². The van der Waals surface area contributed by atoms with Crippen LogP contribution in [-0.2, 0) is 11.4 Å². The Morgan fingerprint density at radius 3 is 2.58 bits per heavy atom. The van der Waals surface area contributed by atoms with Crippen molar-refractivity contribution in [1.82, 2.24) is 4.90 Å². The number of anilines is 1. The molecule has 0 spiro atoms. The zero-order chi connectivity index (χ0) is 25.1. The quantitative estimate of drug-likeness (QED) is 0.391. The Kier molecular flexibility index (Phi) is 7.08. The fraction of sp³-hybridized carbons (Fsp3) is 0.214. The molecule has 182 valence electrons. The highest BCUT2D eigenvalue weighted by Crippen LogP contribution is 2.44. The molecular weight excluding hydrogens is 494 g/mol. The van der Waals surface area contributed by atoms with Gasteiger partial charge in [0.1, 0.15) is 6.61 Å².